The molecule has 2 aromatic carbocycles. The van der Waals surface area contributed by atoms with Crippen LogP contribution in [0.25, 0.3) is 11.1 Å². The largest absolute Gasteiger partial charge is 0.490 e. The third kappa shape index (κ3) is 5.21. The van der Waals surface area contributed by atoms with Crippen LogP contribution in [0.1, 0.15) is 25.7 Å². The molecule has 5 rings (SSSR count). The van der Waals surface area contributed by atoms with Crippen LogP contribution in [0.3, 0.4) is 0 Å². The summed E-state index contributed by atoms with van der Waals surface area (Å²) in [5.41, 5.74) is 3.29. The van der Waals surface area contributed by atoms with Gasteiger partial charge in [-0.05, 0) is 61.6 Å². The molecule has 0 atom stereocenters. The van der Waals surface area contributed by atoms with Gasteiger partial charge >= 0.3 is 12.0 Å². The Morgan fingerprint density at radius 1 is 1.00 bits per heavy atom. The zero-order valence-corrected chi connectivity index (χ0v) is 19.2. The maximum absolute atomic E-state index is 12.8. The van der Waals surface area contributed by atoms with Crippen LogP contribution in [-0.4, -0.2) is 41.3 Å². The van der Waals surface area contributed by atoms with Gasteiger partial charge in [-0.15, -0.1) is 0 Å². The van der Waals surface area contributed by atoms with Crippen molar-refractivity contribution in [2.75, 3.05) is 23.4 Å². The number of rotatable bonds is 5. The number of benzene rings is 2. The van der Waals surface area contributed by atoms with Gasteiger partial charge in [0.05, 0.1) is 18.2 Å². The normalized spacial score (nSPS) is 19.3. The van der Waals surface area contributed by atoms with E-state index in [4.69, 9.17) is 14.6 Å². The summed E-state index contributed by atoms with van der Waals surface area (Å²) in [6.45, 7) is 0.876. The fourth-order valence-electron chi connectivity index (χ4n) is 4.54. The van der Waals surface area contributed by atoms with Gasteiger partial charge in [0.1, 0.15) is 18.5 Å². The molecule has 1 aromatic heterocycles. The van der Waals surface area contributed by atoms with Crippen molar-refractivity contribution in [2.24, 2.45) is 5.92 Å². The first kappa shape index (κ1) is 22.7. The molecule has 1 saturated carbocycles. The number of anilines is 2. The molecular weight excluding hydrogens is 446 g/mol. The van der Waals surface area contributed by atoms with Crippen molar-refractivity contribution >= 4 is 23.4 Å². The molecule has 3 aromatic rings. The number of hydrogen-bond acceptors (Lipinski definition) is 5. The van der Waals surface area contributed by atoms with Gasteiger partial charge in [-0.1, -0.05) is 24.3 Å². The van der Waals surface area contributed by atoms with Crippen molar-refractivity contribution in [1.29, 1.82) is 0 Å². The molecule has 2 amide bonds. The van der Waals surface area contributed by atoms with Crippen LogP contribution < -0.4 is 19.7 Å². The molecule has 35 heavy (non-hydrogen) atoms. The molecule has 2 N–H and O–H groups in total. The molecule has 180 valence electrons. The third-order valence-electron chi connectivity index (χ3n) is 6.47. The number of nitrogens with one attached hydrogen (secondary N) is 1. The molecule has 8 heteroatoms. The van der Waals surface area contributed by atoms with Crippen LogP contribution in [0.5, 0.6) is 11.6 Å². The third-order valence-corrected chi connectivity index (χ3v) is 6.47. The SMILES string of the molecule is O=C(Nc1ccccc1)N1CCOc2cc(-c3ccc(O[C@H]4CC[C@H](C(=O)O)CC4)nc3)ccc21. The summed E-state index contributed by atoms with van der Waals surface area (Å²) in [4.78, 5) is 30.1. The van der Waals surface area contributed by atoms with Gasteiger partial charge in [-0.25, -0.2) is 9.78 Å². The Morgan fingerprint density at radius 2 is 1.77 bits per heavy atom. The van der Waals surface area contributed by atoms with E-state index in [1.807, 2.05) is 60.7 Å². The van der Waals surface area contributed by atoms with Gasteiger partial charge in [0, 0.05) is 23.5 Å². The van der Waals surface area contributed by atoms with E-state index in [1.54, 1.807) is 11.1 Å². The van der Waals surface area contributed by atoms with E-state index in [0.29, 0.717) is 37.6 Å². The number of carbonyl (C=O) groups is 2. The first-order valence-electron chi connectivity index (χ1n) is 11.8. The monoisotopic (exact) mass is 473 g/mol. The molecule has 1 fully saturated rings. The molecule has 0 saturated heterocycles. The summed E-state index contributed by atoms with van der Waals surface area (Å²) in [6, 6.07) is 18.7. The molecule has 1 aliphatic heterocycles. The van der Waals surface area contributed by atoms with Crippen molar-refractivity contribution in [3.63, 3.8) is 0 Å². The lowest BCUT2D eigenvalue weighted by atomic mass is 9.87. The van der Waals surface area contributed by atoms with Crippen molar-refractivity contribution in [3.8, 4) is 22.8 Å². The number of aliphatic carboxylic acids is 1. The Kier molecular flexibility index (Phi) is 6.52. The highest BCUT2D eigenvalue weighted by atomic mass is 16.5. The summed E-state index contributed by atoms with van der Waals surface area (Å²) < 4.78 is 11.8. The summed E-state index contributed by atoms with van der Waals surface area (Å²) in [7, 11) is 0. The molecule has 8 nitrogen and oxygen atoms in total. The van der Waals surface area contributed by atoms with Gasteiger partial charge in [0.15, 0.2) is 0 Å². The molecule has 2 aliphatic rings. The predicted molar refractivity (Wildman–Crippen MR) is 132 cm³/mol. The Hall–Kier alpha value is -4.07. The summed E-state index contributed by atoms with van der Waals surface area (Å²) in [5.74, 6) is 0.189. The first-order chi connectivity index (χ1) is 17.1. The number of hydrogen-bond donors (Lipinski definition) is 2. The highest BCUT2D eigenvalue weighted by Gasteiger charge is 2.27. The topological polar surface area (TPSA) is 101 Å². The highest BCUT2D eigenvalue weighted by molar-refractivity contribution is 6.03. The standard InChI is InChI=1S/C27H27N3O5/c31-26(32)18-6-10-22(11-7-18)35-25-13-9-20(17-28-25)19-8-12-23-24(16-19)34-15-14-30(23)27(33)29-21-4-2-1-3-5-21/h1-5,8-9,12-13,16-18,22H,6-7,10-11,14-15H2,(H,29,33)(H,31,32)/t18-,22-. The number of ether oxygens (including phenoxy) is 2. The first-order valence-corrected chi connectivity index (χ1v) is 11.8. The summed E-state index contributed by atoms with van der Waals surface area (Å²) >= 11 is 0. The smallest absolute Gasteiger partial charge is 0.326 e. The maximum atomic E-state index is 12.8. The van der Waals surface area contributed by atoms with Crippen molar-refractivity contribution < 1.29 is 24.2 Å². The summed E-state index contributed by atoms with van der Waals surface area (Å²) in [6.07, 6.45) is 4.45. The van der Waals surface area contributed by atoms with Gasteiger partial charge < -0.3 is 19.9 Å². The molecule has 0 radical (unpaired) electrons. The van der Waals surface area contributed by atoms with Crippen LogP contribution >= 0.6 is 0 Å². The molecule has 0 bridgehead atoms. The van der Waals surface area contributed by atoms with E-state index in [2.05, 4.69) is 10.3 Å². The van der Waals surface area contributed by atoms with Crippen LogP contribution in [0.2, 0.25) is 0 Å². The van der Waals surface area contributed by atoms with E-state index < -0.39 is 5.97 Å². The fourth-order valence-corrected chi connectivity index (χ4v) is 4.54. The Labute approximate surface area is 203 Å². The zero-order chi connectivity index (χ0) is 24.2. The van der Waals surface area contributed by atoms with E-state index >= 15 is 0 Å². The lowest BCUT2D eigenvalue weighted by Gasteiger charge is -2.30. The molecular formula is C27H27N3O5. The molecule has 0 unspecified atom stereocenters. The Morgan fingerprint density at radius 3 is 2.49 bits per heavy atom. The van der Waals surface area contributed by atoms with Crippen LogP contribution in [-0.2, 0) is 4.79 Å². The maximum Gasteiger partial charge on any atom is 0.326 e. The Balaban J connectivity index is 1.25. The number of para-hydroxylation sites is 1. The average molecular weight is 474 g/mol. The average Bonchev–Trinajstić information content (AvgIpc) is 2.89. The second kappa shape index (κ2) is 10.0. The van der Waals surface area contributed by atoms with Crippen molar-refractivity contribution in [1.82, 2.24) is 4.98 Å². The van der Waals surface area contributed by atoms with Gasteiger partial charge in [0.2, 0.25) is 5.88 Å². The number of aromatic nitrogens is 1. The molecule has 1 aliphatic carbocycles. The van der Waals surface area contributed by atoms with Gasteiger partial charge in [0.25, 0.3) is 0 Å². The number of pyridine rings is 1. The number of fused-ring (bicyclic) bond motifs is 1. The minimum atomic E-state index is -0.722. The van der Waals surface area contributed by atoms with Crippen molar-refractivity contribution in [3.05, 3.63) is 66.9 Å². The quantitative estimate of drug-likeness (QED) is 0.528. The number of nitrogens with zero attached hydrogens (tertiary/aromatic N) is 2. The second-order valence-corrected chi connectivity index (χ2v) is 8.79. The van der Waals surface area contributed by atoms with Gasteiger partial charge in [-0.3, -0.25) is 9.69 Å². The number of carboxylic acid groups (broad SMARTS) is 1. The predicted octanol–water partition coefficient (Wildman–Crippen LogP) is 5.20. The number of carboxylic acids is 1. The fraction of sp³-hybridized carbons (Fsp3) is 0.296. The molecule has 2 heterocycles. The van der Waals surface area contributed by atoms with Crippen LogP contribution in [0.4, 0.5) is 16.2 Å². The lowest BCUT2D eigenvalue weighted by Crippen LogP contribution is -2.40. The molecule has 0 spiro atoms. The van der Waals surface area contributed by atoms with Crippen molar-refractivity contribution in [2.45, 2.75) is 31.8 Å². The van der Waals surface area contributed by atoms with E-state index in [0.717, 1.165) is 35.3 Å². The van der Waals surface area contributed by atoms with Crippen LogP contribution in [0.15, 0.2) is 66.9 Å². The van der Waals surface area contributed by atoms with Crippen LogP contribution in [0, 0.1) is 5.92 Å². The lowest BCUT2D eigenvalue weighted by molar-refractivity contribution is -0.143. The summed E-state index contributed by atoms with van der Waals surface area (Å²) in [5, 5.41) is 12.1. The number of amides is 2. The van der Waals surface area contributed by atoms with E-state index in [1.165, 1.54) is 0 Å². The van der Waals surface area contributed by atoms with Gasteiger partial charge in [-0.2, -0.15) is 0 Å². The highest BCUT2D eigenvalue weighted by Crippen LogP contribution is 2.36. The van der Waals surface area contributed by atoms with E-state index in [9.17, 15) is 9.59 Å². The number of carbonyl (C=O) groups excluding carboxylic acids is 1. The minimum absolute atomic E-state index is 0.00545. The minimum Gasteiger partial charge on any atom is -0.490 e. The van der Waals surface area contributed by atoms with E-state index in [-0.39, 0.29) is 18.1 Å². The Bertz CT molecular complexity index is 1190. The second-order valence-electron chi connectivity index (χ2n) is 8.79. The zero-order valence-electron chi connectivity index (χ0n) is 19.2. The number of urea groups is 1.